The van der Waals surface area contributed by atoms with Crippen molar-refractivity contribution >= 4 is 23.0 Å². The number of esters is 1. The van der Waals surface area contributed by atoms with Crippen molar-refractivity contribution in [3.05, 3.63) is 82.2 Å². The summed E-state index contributed by atoms with van der Waals surface area (Å²) >= 11 is 0. The standard InChI is InChI=1S/C23H22O5/c1-2-3-13-26-22(24)12-10-19-14-18-9-11-20(15-21(18)28-23(19)25)27-16-17-7-5-4-6-8-17/h4-12,14-15H,2-3,13,16H2,1H3/b12-10+. The highest BCUT2D eigenvalue weighted by molar-refractivity contribution is 5.88. The van der Waals surface area contributed by atoms with Gasteiger partial charge in [0.1, 0.15) is 17.9 Å². The van der Waals surface area contributed by atoms with Crippen molar-refractivity contribution in [3.63, 3.8) is 0 Å². The average Bonchev–Trinajstić information content (AvgIpc) is 2.71. The molecule has 0 radical (unpaired) electrons. The van der Waals surface area contributed by atoms with Crippen LogP contribution in [-0.2, 0) is 16.1 Å². The van der Waals surface area contributed by atoms with Gasteiger partial charge < -0.3 is 13.9 Å². The number of benzene rings is 2. The first kappa shape index (κ1) is 19.4. The number of hydrogen-bond donors (Lipinski definition) is 0. The van der Waals surface area contributed by atoms with Crippen LogP contribution < -0.4 is 10.4 Å². The van der Waals surface area contributed by atoms with E-state index < -0.39 is 11.6 Å². The van der Waals surface area contributed by atoms with Gasteiger partial charge in [-0.25, -0.2) is 9.59 Å². The third-order valence-electron chi connectivity index (χ3n) is 4.12. The number of rotatable bonds is 8. The third kappa shape index (κ3) is 5.33. The van der Waals surface area contributed by atoms with Gasteiger partial charge in [-0.2, -0.15) is 0 Å². The molecule has 144 valence electrons. The van der Waals surface area contributed by atoms with Gasteiger partial charge in [-0.15, -0.1) is 0 Å². The lowest BCUT2D eigenvalue weighted by Gasteiger charge is -2.07. The van der Waals surface area contributed by atoms with E-state index in [9.17, 15) is 9.59 Å². The van der Waals surface area contributed by atoms with Gasteiger partial charge in [0.15, 0.2) is 0 Å². The lowest BCUT2D eigenvalue weighted by Crippen LogP contribution is -2.05. The zero-order valence-electron chi connectivity index (χ0n) is 15.7. The fourth-order valence-electron chi connectivity index (χ4n) is 2.58. The molecule has 5 nitrogen and oxygen atoms in total. The molecule has 0 atom stereocenters. The molecule has 3 rings (SSSR count). The van der Waals surface area contributed by atoms with E-state index in [4.69, 9.17) is 13.9 Å². The molecule has 0 spiro atoms. The zero-order valence-corrected chi connectivity index (χ0v) is 15.7. The molecule has 0 saturated heterocycles. The fraction of sp³-hybridized carbons (Fsp3) is 0.217. The number of carbonyl (C=O) groups excluding carboxylic acids is 1. The van der Waals surface area contributed by atoms with Crippen LogP contribution in [0.4, 0.5) is 0 Å². The molecule has 5 heteroatoms. The summed E-state index contributed by atoms with van der Waals surface area (Å²) in [6.45, 7) is 2.82. The topological polar surface area (TPSA) is 65.7 Å². The summed E-state index contributed by atoms with van der Waals surface area (Å²) < 4.78 is 16.2. The first-order chi connectivity index (χ1) is 13.7. The van der Waals surface area contributed by atoms with E-state index in [-0.39, 0.29) is 5.56 Å². The highest BCUT2D eigenvalue weighted by atomic mass is 16.5. The van der Waals surface area contributed by atoms with Crippen molar-refractivity contribution in [2.75, 3.05) is 6.61 Å². The second-order valence-corrected chi connectivity index (χ2v) is 6.32. The summed E-state index contributed by atoms with van der Waals surface area (Å²) in [6.07, 6.45) is 4.42. The van der Waals surface area contributed by atoms with Crippen molar-refractivity contribution in [1.29, 1.82) is 0 Å². The van der Waals surface area contributed by atoms with E-state index in [1.165, 1.54) is 12.2 Å². The molecule has 0 aliphatic heterocycles. The molecule has 0 unspecified atom stereocenters. The maximum Gasteiger partial charge on any atom is 0.343 e. The van der Waals surface area contributed by atoms with E-state index in [0.717, 1.165) is 23.8 Å². The van der Waals surface area contributed by atoms with Gasteiger partial charge >= 0.3 is 11.6 Å². The fourth-order valence-corrected chi connectivity index (χ4v) is 2.58. The monoisotopic (exact) mass is 378 g/mol. The summed E-state index contributed by atoms with van der Waals surface area (Å²) in [5.41, 5.74) is 1.25. The lowest BCUT2D eigenvalue weighted by atomic mass is 10.1. The molecule has 1 heterocycles. The van der Waals surface area contributed by atoms with Crippen LogP contribution in [0.5, 0.6) is 5.75 Å². The molecule has 1 aromatic heterocycles. The number of fused-ring (bicyclic) bond motifs is 1. The van der Waals surface area contributed by atoms with Crippen molar-refractivity contribution in [2.24, 2.45) is 0 Å². The van der Waals surface area contributed by atoms with E-state index in [1.54, 1.807) is 12.1 Å². The smallest absolute Gasteiger partial charge is 0.343 e. The van der Waals surface area contributed by atoms with Crippen molar-refractivity contribution in [1.82, 2.24) is 0 Å². The molecule has 0 saturated carbocycles. The van der Waals surface area contributed by atoms with Gasteiger partial charge in [0.2, 0.25) is 0 Å². The Kier molecular flexibility index (Phi) is 6.63. The molecule has 28 heavy (non-hydrogen) atoms. The first-order valence-electron chi connectivity index (χ1n) is 9.25. The highest BCUT2D eigenvalue weighted by Crippen LogP contribution is 2.21. The lowest BCUT2D eigenvalue weighted by molar-refractivity contribution is -0.137. The minimum absolute atomic E-state index is 0.290. The number of hydrogen-bond acceptors (Lipinski definition) is 5. The van der Waals surface area contributed by atoms with Crippen molar-refractivity contribution in [3.8, 4) is 5.75 Å². The van der Waals surface area contributed by atoms with Gasteiger partial charge in [0.25, 0.3) is 0 Å². The molecule has 0 fully saturated rings. The maximum absolute atomic E-state index is 12.2. The largest absolute Gasteiger partial charge is 0.489 e. The second-order valence-electron chi connectivity index (χ2n) is 6.32. The molecule has 2 aromatic carbocycles. The number of carbonyl (C=O) groups is 1. The van der Waals surface area contributed by atoms with Crippen molar-refractivity contribution < 1.29 is 18.7 Å². The zero-order chi connectivity index (χ0) is 19.8. The van der Waals surface area contributed by atoms with Gasteiger partial charge in [0.05, 0.1) is 12.2 Å². The number of unbranched alkanes of at least 4 members (excludes halogenated alkanes) is 1. The van der Waals surface area contributed by atoms with Gasteiger partial charge in [-0.1, -0.05) is 43.7 Å². The summed E-state index contributed by atoms with van der Waals surface area (Å²) in [4.78, 5) is 23.8. The predicted molar refractivity (Wildman–Crippen MR) is 108 cm³/mol. The van der Waals surface area contributed by atoms with Crippen LogP contribution in [0.2, 0.25) is 0 Å². The van der Waals surface area contributed by atoms with E-state index in [0.29, 0.717) is 24.5 Å². The van der Waals surface area contributed by atoms with Crippen LogP contribution in [0.15, 0.2) is 69.9 Å². The van der Waals surface area contributed by atoms with Gasteiger partial charge in [-0.3, -0.25) is 0 Å². The summed E-state index contributed by atoms with van der Waals surface area (Å²) in [6, 6.07) is 16.8. The Balaban J connectivity index is 1.71. The molecular weight excluding hydrogens is 356 g/mol. The highest BCUT2D eigenvalue weighted by Gasteiger charge is 2.06. The summed E-state index contributed by atoms with van der Waals surface area (Å²) in [5, 5.41) is 0.741. The predicted octanol–water partition coefficient (Wildman–Crippen LogP) is 4.73. The Morgan fingerprint density at radius 1 is 1.11 bits per heavy atom. The minimum Gasteiger partial charge on any atom is -0.489 e. The summed E-state index contributed by atoms with van der Waals surface area (Å²) in [7, 11) is 0. The normalized spacial score (nSPS) is 11.0. The van der Waals surface area contributed by atoms with Gasteiger partial charge in [-0.05, 0) is 36.3 Å². The second kappa shape index (κ2) is 9.55. The Bertz CT molecular complexity index is 1020. The molecule has 3 aromatic rings. The Labute approximate surface area is 163 Å². The number of ether oxygens (including phenoxy) is 2. The van der Waals surface area contributed by atoms with E-state index in [2.05, 4.69) is 0 Å². The third-order valence-corrected chi connectivity index (χ3v) is 4.12. The molecule has 0 N–H and O–H groups in total. The van der Waals surface area contributed by atoms with Crippen molar-refractivity contribution in [2.45, 2.75) is 26.4 Å². The first-order valence-corrected chi connectivity index (χ1v) is 9.25. The Morgan fingerprint density at radius 3 is 2.71 bits per heavy atom. The van der Waals surface area contributed by atoms with Crippen LogP contribution in [0, 0.1) is 0 Å². The van der Waals surface area contributed by atoms with Crippen LogP contribution in [0.1, 0.15) is 30.9 Å². The van der Waals surface area contributed by atoms with Gasteiger partial charge in [0, 0.05) is 17.5 Å². The minimum atomic E-state index is -0.523. The molecule has 0 aliphatic rings. The van der Waals surface area contributed by atoms with Crippen LogP contribution in [0.3, 0.4) is 0 Å². The molecular formula is C23H22O5. The SMILES string of the molecule is CCCCOC(=O)/C=C/c1cc2ccc(OCc3ccccc3)cc2oc1=O. The quantitative estimate of drug-likeness (QED) is 0.245. The average molecular weight is 378 g/mol. The van der Waals surface area contributed by atoms with Crippen LogP contribution in [-0.4, -0.2) is 12.6 Å². The Hall–Kier alpha value is -3.34. The van der Waals surface area contributed by atoms with E-state index in [1.807, 2.05) is 49.4 Å². The molecule has 0 aliphatic carbocycles. The maximum atomic E-state index is 12.2. The molecule has 0 amide bonds. The molecule has 0 bridgehead atoms. The van der Waals surface area contributed by atoms with E-state index >= 15 is 0 Å². The van der Waals surface area contributed by atoms with Crippen LogP contribution >= 0.6 is 0 Å². The Morgan fingerprint density at radius 2 is 1.93 bits per heavy atom. The summed E-state index contributed by atoms with van der Waals surface area (Å²) in [5.74, 6) is 0.139. The van der Waals surface area contributed by atoms with Crippen LogP contribution in [0.25, 0.3) is 17.0 Å².